The predicted molar refractivity (Wildman–Crippen MR) is 136 cm³/mol. The second-order valence-electron chi connectivity index (χ2n) is 8.18. The molecule has 0 saturated heterocycles. The van der Waals surface area contributed by atoms with Crippen molar-refractivity contribution in [2.45, 2.75) is 20.8 Å². The van der Waals surface area contributed by atoms with E-state index in [1.165, 1.54) is 22.7 Å². The third-order valence-corrected chi connectivity index (χ3v) is 7.73. The zero-order chi connectivity index (χ0) is 23.3. The first-order valence-electron chi connectivity index (χ1n) is 10.4. The first kappa shape index (κ1) is 21.4. The van der Waals surface area contributed by atoms with Crippen LogP contribution in [0.15, 0.2) is 60.0 Å². The number of carbonyl (C=O) groups excluding carboxylic acids is 1. The van der Waals surface area contributed by atoms with E-state index in [4.69, 9.17) is 0 Å². The quantitative estimate of drug-likeness (QED) is 0.271. The summed E-state index contributed by atoms with van der Waals surface area (Å²) in [6, 6.07) is 17.2. The summed E-state index contributed by atoms with van der Waals surface area (Å²) in [5.74, 6) is 0.185. The second kappa shape index (κ2) is 8.14. The van der Waals surface area contributed by atoms with Crippen LogP contribution in [0.25, 0.3) is 31.8 Å². The summed E-state index contributed by atoms with van der Waals surface area (Å²) in [7, 11) is 0. The fourth-order valence-electron chi connectivity index (χ4n) is 4.36. The molecule has 0 saturated carbocycles. The first-order valence-corrected chi connectivity index (χ1v) is 12.1. The summed E-state index contributed by atoms with van der Waals surface area (Å²) in [4.78, 5) is 18.6. The minimum atomic E-state index is -0.00499. The molecule has 33 heavy (non-hydrogen) atoms. The number of ketones is 1. The van der Waals surface area contributed by atoms with Crippen molar-refractivity contribution in [2.24, 2.45) is 0 Å². The molecule has 6 heteroatoms. The highest BCUT2D eigenvalue weighted by Gasteiger charge is 2.24. The van der Waals surface area contributed by atoms with E-state index in [2.05, 4.69) is 4.98 Å². The van der Waals surface area contributed by atoms with E-state index in [9.17, 15) is 15.0 Å². The molecule has 0 atom stereocenters. The molecule has 5 aromatic rings. The van der Waals surface area contributed by atoms with Crippen LogP contribution < -0.4 is 0 Å². The van der Waals surface area contributed by atoms with Gasteiger partial charge in [-0.25, -0.2) is 4.98 Å². The van der Waals surface area contributed by atoms with Gasteiger partial charge in [-0.2, -0.15) is 0 Å². The number of benzene rings is 3. The normalized spacial score (nSPS) is 11.2. The lowest BCUT2D eigenvalue weighted by Gasteiger charge is -2.11. The van der Waals surface area contributed by atoms with Gasteiger partial charge in [0.1, 0.15) is 10.8 Å². The summed E-state index contributed by atoms with van der Waals surface area (Å²) >= 11 is 2.79. The minimum absolute atomic E-state index is 0.00499. The third-order valence-electron chi connectivity index (χ3n) is 5.70. The van der Waals surface area contributed by atoms with Crippen LogP contribution in [0.1, 0.15) is 31.9 Å². The monoisotopic (exact) mass is 471 g/mol. The molecule has 0 aliphatic carbocycles. The third kappa shape index (κ3) is 3.81. The van der Waals surface area contributed by atoms with Crippen LogP contribution in [-0.2, 0) is 0 Å². The molecule has 3 aromatic carbocycles. The number of aryl methyl sites for hydroxylation is 3. The molecule has 0 amide bonds. The van der Waals surface area contributed by atoms with E-state index in [0.29, 0.717) is 4.88 Å². The van der Waals surface area contributed by atoms with Gasteiger partial charge >= 0.3 is 0 Å². The van der Waals surface area contributed by atoms with Gasteiger partial charge in [0.25, 0.3) is 0 Å². The molecule has 164 valence electrons. The molecule has 2 N–H and O–H groups in total. The van der Waals surface area contributed by atoms with E-state index >= 15 is 0 Å². The lowest BCUT2D eigenvalue weighted by molar-refractivity contribution is 0.104. The lowest BCUT2D eigenvalue weighted by atomic mass is 9.92. The highest BCUT2D eigenvalue weighted by molar-refractivity contribution is 7.21. The van der Waals surface area contributed by atoms with Crippen molar-refractivity contribution < 1.29 is 15.0 Å². The predicted octanol–water partition coefficient (Wildman–Crippen LogP) is 7.26. The van der Waals surface area contributed by atoms with Crippen LogP contribution in [-0.4, -0.2) is 21.0 Å². The Morgan fingerprint density at radius 3 is 2.18 bits per heavy atom. The van der Waals surface area contributed by atoms with Gasteiger partial charge in [-0.05, 0) is 55.7 Å². The number of nitrogens with zero attached hydrogens (tertiary/aromatic N) is 1. The van der Waals surface area contributed by atoms with Crippen LogP contribution in [0.5, 0.6) is 11.6 Å². The minimum Gasteiger partial charge on any atom is -0.508 e. The maximum atomic E-state index is 13.9. The van der Waals surface area contributed by atoms with Crippen LogP contribution in [0.4, 0.5) is 0 Å². The highest BCUT2D eigenvalue weighted by atomic mass is 32.1. The van der Waals surface area contributed by atoms with Gasteiger partial charge in [-0.3, -0.25) is 4.79 Å². The van der Waals surface area contributed by atoms with Crippen molar-refractivity contribution in [1.82, 2.24) is 4.98 Å². The first-order chi connectivity index (χ1) is 15.8. The smallest absolute Gasteiger partial charge is 0.222 e. The van der Waals surface area contributed by atoms with Gasteiger partial charge < -0.3 is 10.2 Å². The number of carbonyl (C=O) groups is 1. The molecule has 0 unspecified atom stereocenters. The Hall–Kier alpha value is -3.48. The van der Waals surface area contributed by atoms with E-state index in [0.717, 1.165) is 54.0 Å². The van der Waals surface area contributed by atoms with Gasteiger partial charge in [0.15, 0.2) is 0 Å². The maximum absolute atomic E-state index is 13.9. The zero-order valence-electron chi connectivity index (χ0n) is 18.3. The number of aromatic nitrogens is 1. The maximum Gasteiger partial charge on any atom is 0.222 e. The number of rotatable bonds is 4. The number of hydrogen-bond donors (Lipinski definition) is 2. The Morgan fingerprint density at radius 2 is 1.55 bits per heavy atom. The van der Waals surface area contributed by atoms with Gasteiger partial charge in [0.05, 0.1) is 10.3 Å². The molecule has 0 aliphatic rings. The molecule has 2 heterocycles. The van der Waals surface area contributed by atoms with Crippen LogP contribution >= 0.6 is 22.7 Å². The molecule has 5 rings (SSSR count). The molecule has 0 radical (unpaired) electrons. The Kier molecular flexibility index (Phi) is 5.27. The number of fused-ring (bicyclic) bond motifs is 1. The number of thiophene rings is 1. The Balaban J connectivity index is 1.69. The van der Waals surface area contributed by atoms with E-state index in [-0.39, 0.29) is 17.4 Å². The largest absolute Gasteiger partial charge is 0.508 e. The molecule has 0 spiro atoms. The fraction of sp³-hybridized carbons (Fsp3) is 0.111. The van der Waals surface area contributed by atoms with Crippen molar-refractivity contribution in [2.75, 3.05) is 0 Å². The molecule has 4 nitrogen and oxygen atoms in total. The number of thiazole rings is 1. The summed E-state index contributed by atoms with van der Waals surface area (Å²) < 4.78 is 0.865. The zero-order valence-corrected chi connectivity index (χ0v) is 20.0. The number of aromatic hydroxyl groups is 2. The SMILES string of the molecule is Cc1cc(C)c(C(=O)c2sc3cc(O)ccc3c2-c2ccc(-c3nc(O)cs3)cc2)c(C)c1. The lowest BCUT2D eigenvalue weighted by Crippen LogP contribution is -2.06. The van der Waals surface area contributed by atoms with Gasteiger partial charge in [-0.1, -0.05) is 42.0 Å². The average Bonchev–Trinajstić information content (AvgIpc) is 3.36. The Bertz CT molecular complexity index is 1500. The summed E-state index contributed by atoms with van der Waals surface area (Å²) in [6.07, 6.45) is 0. The van der Waals surface area contributed by atoms with Gasteiger partial charge in [0, 0.05) is 26.8 Å². The van der Waals surface area contributed by atoms with Crippen molar-refractivity contribution in [3.05, 3.63) is 87.1 Å². The van der Waals surface area contributed by atoms with E-state index < -0.39 is 0 Å². The highest BCUT2D eigenvalue weighted by Crippen LogP contribution is 2.42. The van der Waals surface area contributed by atoms with E-state index in [1.54, 1.807) is 17.5 Å². The van der Waals surface area contributed by atoms with Crippen molar-refractivity contribution in [1.29, 1.82) is 0 Å². The van der Waals surface area contributed by atoms with Crippen LogP contribution in [0, 0.1) is 20.8 Å². The molecule has 0 fully saturated rings. The summed E-state index contributed by atoms with van der Waals surface area (Å²) in [6.45, 7) is 5.99. The topological polar surface area (TPSA) is 70.4 Å². The van der Waals surface area contributed by atoms with Gasteiger partial charge in [-0.15, -0.1) is 22.7 Å². The Labute approximate surface area is 199 Å². The molecule has 2 aromatic heterocycles. The van der Waals surface area contributed by atoms with E-state index in [1.807, 2.05) is 63.2 Å². The number of phenols is 1. The molecular weight excluding hydrogens is 450 g/mol. The summed E-state index contributed by atoms with van der Waals surface area (Å²) in [5, 5.41) is 22.9. The van der Waals surface area contributed by atoms with Crippen LogP contribution in [0.3, 0.4) is 0 Å². The van der Waals surface area contributed by atoms with Crippen LogP contribution in [0.2, 0.25) is 0 Å². The average molecular weight is 472 g/mol. The number of hydrogen-bond acceptors (Lipinski definition) is 6. The van der Waals surface area contributed by atoms with Gasteiger partial charge in [0.2, 0.25) is 11.7 Å². The Morgan fingerprint density at radius 1 is 0.879 bits per heavy atom. The fourth-order valence-corrected chi connectivity index (χ4v) is 6.25. The number of phenolic OH excluding ortho intramolecular Hbond substituents is 1. The second-order valence-corrected chi connectivity index (χ2v) is 10.1. The molecule has 0 bridgehead atoms. The summed E-state index contributed by atoms with van der Waals surface area (Å²) in [5.41, 5.74) is 6.47. The molecule has 0 aliphatic heterocycles. The molecular formula is C27H21NO3S2. The van der Waals surface area contributed by atoms with Crippen molar-refractivity contribution in [3.8, 4) is 33.3 Å². The van der Waals surface area contributed by atoms with Crippen molar-refractivity contribution in [3.63, 3.8) is 0 Å². The standard InChI is InChI=1S/C27H21NO3S2/c1-14-10-15(2)23(16(3)11-14)25(31)26-24(20-9-8-19(29)12-21(20)33-26)17-4-6-18(7-5-17)27-28-22(30)13-32-27/h4-13,29-30H,1-3H3. The van der Waals surface area contributed by atoms with Crippen molar-refractivity contribution >= 4 is 38.5 Å².